The van der Waals surface area contributed by atoms with Gasteiger partial charge in [-0.3, -0.25) is 0 Å². The monoisotopic (exact) mass is 289 g/mol. The van der Waals surface area contributed by atoms with Crippen LogP contribution in [0.25, 0.3) is 0 Å². The second kappa shape index (κ2) is 5.71. The Kier molecular flexibility index (Phi) is 4.16. The van der Waals surface area contributed by atoms with Crippen LogP contribution in [0, 0.1) is 20.8 Å². The fraction of sp³-hybridized carbons (Fsp3) is 0.533. The summed E-state index contributed by atoms with van der Waals surface area (Å²) in [6.07, 6.45) is 0. The molecule has 2 aromatic rings. The number of nitrogen functional groups attached to an aromatic ring is 1. The molecular weight excluding hydrogens is 266 g/mol. The van der Waals surface area contributed by atoms with Crippen LogP contribution >= 0.6 is 0 Å². The summed E-state index contributed by atoms with van der Waals surface area (Å²) in [7, 11) is 0. The third-order valence-electron chi connectivity index (χ3n) is 3.59. The van der Waals surface area contributed by atoms with Crippen molar-refractivity contribution in [3.05, 3.63) is 28.4 Å². The lowest BCUT2D eigenvalue weighted by Gasteiger charge is -2.18. The molecule has 114 valence electrons. The van der Waals surface area contributed by atoms with Gasteiger partial charge in [-0.2, -0.15) is 0 Å². The fourth-order valence-electron chi connectivity index (χ4n) is 2.34. The lowest BCUT2D eigenvalue weighted by atomic mass is 10.1. The molecule has 2 heterocycles. The molecule has 0 amide bonds. The molecule has 0 aliphatic carbocycles. The zero-order chi connectivity index (χ0) is 15.7. The molecule has 2 aromatic heterocycles. The van der Waals surface area contributed by atoms with Crippen LogP contribution in [0.5, 0.6) is 0 Å². The second-order valence-corrected chi connectivity index (χ2v) is 5.70. The summed E-state index contributed by atoms with van der Waals surface area (Å²) >= 11 is 0. The molecule has 1 unspecified atom stereocenters. The van der Waals surface area contributed by atoms with Crippen molar-refractivity contribution in [1.82, 2.24) is 15.1 Å². The van der Waals surface area contributed by atoms with E-state index < -0.39 is 0 Å². The van der Waals surface area contributed by atoms with Gasteiger partial charge in [-0.05, 0) is 27.7 Å². The third-order valence-corrected chi connectivity index (χ3v) is 3.59. The van der Waals surface area contributed by atoms with Gasteiger partial charge < -0.3 is 15.6 Å². The Hall–Kier alpha value is -2.11. The predicted molar refractivity (Wildman–Crippen MR) is 83.3 cm³/mol. The van der Waals surface area contributed by atoms with Gasteiger partial charge in [0, 0.05) is 17.0 Å². The van der Waals surface area contributed by atoms with Crippen molar-refractivity contribution in [1.29, 1.82) is 0 Å². The fourth-order valence-corrected chi connectivity index (χ4v) is 2.34. The van der Waals surface area contributed by atoms with Crippen molar-refractivity contribution in [3.63, 3.8) is 0 Å². The molecule has 0 saturated heterocycles. The Morgan fingerprint density at radius 1 is 1.10 bits per heavy atom. The van der Waals surface area contributed by atoms with Crippen LogP contribution < -0.4 is 11.1 Å². The first-order chi connectivity index (χ1) is 9.81. The number of rotatable bonds is 4. The number of aryl methyl sites for hydroxylation is 2. The Morgan fingerprint density at radius 3 is 2.29 bits per heavy atom. The molecule has 0 fully saturated rings. The average Bonchev–Trinajstić information content (AvgIpc) is 2.74. The minimum atomic E-state index is 0.0317. The molecule has 0 aliphatic rings. The Labute approximate surface area is 125 Å². The van der Waals surface area contributed by atoms with Gasteiger partial charge in [-0.15, -0.1) is 0 Å². The first-order valence-electron chi connectivity index (χ1n) is 7.14. The van der Waals surface area contributed by atoms with E-state index in [0.29, 0.717) is 5.82 Å². The van der Waals surface area contributed by atoms with Crippen molar-refractivity contribution >= 4 is 11.6 Å². The molecular formula is C15H23N5O. The van der Waals surface area contributed by atoms with Gasteiger partial charge in [0.1, 0.15) is 23.2 Å². The highest BCUT2D eigenvalue weighted by molar-refractivity contribution is 5.56. The smallest absolute Gasteiger partial charge is 0.139 e. The average molecular weight is 289 g/mol. The van der Waals surface area contributed by atoms with E-state index >= 15 is 0 Å². The van der Waals surface area contributed by atoms with E-state index in [1.165, 1.54) is 0 Å². The SMILES string of the molecule is Cc1noc(C)c1C(C)Nc1nc(C(C)C)nc(N)c1C. The molecule has 0 saturated carbocycles. The van der Waals surface area contributed by atoms with Gasteiger partial charge in [-0.25, -0.2) is 9.97 Å². The largest absolute Gasteiger partial charge is 0.383 e. The van der Waals surface area contributed by atoms with Crippen molar-refractivity contribution in [2.24, 2.45) is 0 Å². The van der Waals surface area contributed by atoms with Crippen LogP contribution in [0.2, 0.25) is 0 Å². The zero-order valence-corrected chi connectivity index (χ0v) is 13.5. The lowest BCUT2D eigenvalue weighted by Crippen LogP contribution is -2.14. The number of hydrogen-bond donors (Lipinski definition) is 2. The van der Waals surface area contributed by atoms with E-state index in [4.69, 9.17) is 10.3 Å². The van der Waals surface area contributed by atoms with Crippen LogP contribution in [0.15, 0.2) is 4.52 Å². The Balaban J connectivity index is 2.35. The summed E-state index contributed by atoms with van der Waals surface area (Å²) in [6.45, 7) is 11.9. The molecule has 0 bridgehead atoms. The van der Waals surface area contributed by atoms with E-state index in [1.54, 1.807) is 0 Å². The zero-order valence-electron chi connectivity index (χ0n) is 13.5. The molecule has 0 aromatic carbocycles. The molecule has 3 N–H and O–H groups in total. The lowest BCUT2D eigenvalue weighted by molar-refractivity contribution is 0.392. The highest BCUT2D eigenvalue weighted by Gasteiger charge is 2.19. The van der Waals surface area contributed by atoms with Crippen LogP contribution in [0.1, 0.15) is 61.1 Å². The van der Waals surface area contributed by atoms with Gasteiger partial charge in [0.05, 0.1) is 11.7 Å². The van der Waals surface area contributed by atoms with Gasteiger partial charge in [0.2, 0.25) is 0 Å². The van der Waals surface area contributed by atoms with Crippen LogP contribution in [-0.4, -0.2) is 15.1 Å². The summed E-state index contributed by atoms with van der Waals surface area (Å²) in [5, 5.41) is 7.39. The summed E-state index contributed by atoms with van der Waals surface area (Å²) < 4.78 is 5.22. The molecule has 6 heteroatoms. The van der Waals surface area contributed by atoms with E-state index in [-0.39, 0.29) is 12.0 Å². The summed E-state index contributed by atoms with van der Waals surface area (Å²) in [5.41, 5.74) is 8.79. The Bertz CT molecular complexity index is 628. The van der Waals surface area contributed by atoms with Gasteiger partial charge in [-0.1, -0.05) is 19.0 Å². The molecule has 21 heavy (non-hydrogen) atoms. The maximum absolute atomic E-state index is 5.99. The van der Waals surface area contributed by atoms with Crippen molar-refractivity contribution in [2.75, 3.05) is 11.1 Å². The predicted octanol–water partition coefficient (Wildman–Crippen LogP) is 3.27. The molecule has 2 rings (SSSR count). The standard InChI is InChI=1S/C15H23N5O/c1-7(2)14-18-13(16)8(3)15(19-14)17-9(4)12-10(5)20-21-11(12)6/h7,9H,1-6H3,(H3,16,17,18,19). The molecule has 1 atom stereocenters. The molecule has 0 spiro atoms. The minimum Gasteiger partial charge on any atom is -0.383 e. The first-order valence-corrected chi connectivity index (χ1v) is 7.14. The third kappa shape index (κ3) is 2.99. The highest BCUT2D eigenvalue weighted by atomic mass is 16.5. The number of nitrogens with one attached hydrogen (secondary N) is 1. The van der Waals surface area contributed by atoms with Gasteiger partial charge in [0.25, 0.3) is 0 Å². The second-order valence-electron chi connectivity index (χ2n) is 5.70. The number of aromatic nitrogens is 3. The first kappa shape index (κ1) is 15.3. The van der Waals surface area contributed by atoms with Crippen molar-refractivity contribution in [2.45, 2.75) is 53.5 Å². The van der Waals surface area contributed by atoms with E-state index in [2.05, 4.69) is 27.4 Å². The topological polar surface area (TPSA) is 89.9 Å². The van der Waals surface area contributed by atoms with Crippen molar-refractivity contribution in [3.8, 4) is 0 Å². The maximum Gasteiger partial charge on any atom is 0.139 e. The Morgan fingerprint density at radius 2 is 1.76 bits per heavy atom. The molecule has 0 aliphatic heterocycles. The molecule has 0 radical (unpaired) electrons. The number of anilines is 2. The van der Waals surface area contributed by atoms with Crippen LogP contribution in [-0.2, 0) is 0 Å². The summed E-state index contributed by atoms with van der Waals surface area (Å²) in [4.78, 5) is 8.92. The van der Waals surface area contributed by atoms with Gasteiger partial charge in [0.15, 0.2) is 0 Å². The van der Waals surface area contributed by atoms with Gasteiger partial charge >= 0.3 is 0 Å². The quantitative estimate of drug-likeness (QED) is 0.897. The summed E-state index contributed by atoms with van der Waals surface area (Å²) in [6, 6.07) is 0.0317. The highest BCUT2D eigenvalue weighted by Crippen LogP contribution is 2.27. The molecule has 6 nitrogen and oxygen atoms in total. The summed E-state index contributed by atoms with van der Waals surface area (Å²) in [5.74, 6) is 3.06. The minimum absolute atomic E-state index is 0.0317. The van der Waals surface area contributed by atoms with Crippen LogP contribution in [0.3, 0.4) is 0 Å². The number of hydrogen-bond acceptors (Lipinski definition) is 6. The van der Waals surface area contributed by atoms with E-state index in [9.17, 15) is 0 Å². The normalized spacial score (nSPS) is 12.7. The number of nitrogens with zero attached hydrogens (tertiary/aromatic N) is 3. The van der Waals surface area contributed by atoms with E-state index in [1.807, 2.05) is 34.6 Å². The maximum atomic E-state index is 5.99. The number of nitrogens with two attached hydrogens (primary N) is 1. The van der Waals surface area contributed by atoms with Crippen LogP contribution in [0.4, 0.5) is 11.6 Å². The van der Waals surface area contributed by atoms with Crippen molar-refractivity contribution < 1.29 is 4.52 Å². The van der Waals surface area contributed by atoms with E-state index in [0.717, 1.165) is 34.2 Å².